The van der Waals surface area contributed by atoms with E-state index in [0.29, 0.717) is 12.0 Å². The molecule has 1 saturated heterocycles. The van der Waals surface area contributed by atoms with Crippen molar-refractivity contribution in [1.29, 1.82) is 0 Å². The molecule has 2 aliphatic rings. The third kappa shape index (κ3) is 3.06. The lowest BCUT2D eigenvalue weighted by atomic mass is 10.0. The first-order valence-corrected chi connectivity index (χ1v) is 7.48. The summed E-state index contributed by atoms with van der Waals surface area (Å²) in [6.45, 7) is 1.80. The van der Waals surface area contributed by atoms with Crippen LogP contribution < -0.4 is 4.90 Å². The van der Waals surface area contributed by atoms with Crippen LogP contribution in [0.4, 0.5) is 5.95 Å². The second kappa shape index (κ2) is 5.87. The van der Waals surface area contributed by atoms with Crippen molar-refractivity contribution in [2.45, 2.75) is 50.5 Å². The molecule has 0 aromatic carbocycles. The summed E-state index contributed by atoms with van der Waals surface area (Å²) in [6, 6.07) is 2.08. The summed E-state index contributed by atoms with van der Waals surface area (Å²) in [5.74, 6) is 1.50. The molecular weight excluding hydrogens is 238 g/mol. The highest BCUT2D eigenvalue weighted by Crippen LogP contribution is 2.33. The van der Waals surface area contributed by atoms with Gasteiger partial charge in [-0.1, -0.05) is 12.8 Å². The summed E-state index contributed by atoms with van der Waals surface area (Å²) in [5, 5.41) is 0. The molecule has 2 heterocycles. The van der Waals surface area contributed by atoms with E-state index in [-0.39, 0.29) is 0 Å². The third-order valence-electron chi connectivity index (χ3n) is 4.28. The fraction of sp³-hybridized carbons (Fsp3) is 0.733. The molecule has 0 N–H and O–H groups in total. The van der Waals surface area contributed by atoms with E-state index in [9.17, 15) is 0 Å². The molecule has 1 aliphatic heterocycles. The summed E-state index contributed by atoms with van der Waals surface area (Å²) < 4.78 is 5.68. The molecule has 0 amide bonds. The van der Waals surface area contributed by atoms with Crippen LogP contribution in [0.2, 0.25) is 0 Å². The van der Waals surface area contributed by atoms with E-state index in [1.807, 2.05) is 6.20 Å². The van der Waals surface area contributed by atoms with Crippen LogP contribution in [0.25, 0.3) is 0 Å². The molecule has 104 valence electrons. The van der Waals surface area contributed by atoms with Gasteiger partial charge in [0.1, 0.15) is 0 Å². The monoisotopic (exact) mass is 261 g/mol. The van der Waals surface area contributed by atoms with Gasteiger partial charge >= 0.3 is 0 Å². The summed E-state index contributed by atoms with van der Waals surface area (Å²) >= 11 is 0. The van der Waals surface area contributed by atoms with Crippen molar-refractivity contribution in [1.82, 2.24) is 9.97 Å². The molecule has 19 heavy (non-hydrogen) atoms. The minimum atomic E-state index is 0.351. The molecule has 1 unspecified atom stereocenters. The average Bonchev–Trinajstić information content (AvgIpc) is 3.12. The average molecular weight is 261 g/mol. The number of aromatic nitrogens is 2. The number of nitrogens with zero attached hydrogens (tertiary/aromatic N) is 3. The lowest BCUT2D eigenvalue weighted by molar-refractivity contribution is 0.116. The molecule has 1 aromatic rings. The van der Waals surface area contributed by atoms with Crippen LogP contribution >= 0.6 is 0 Å². The number of rotatable bonds is 4. The minimum absolute atomic E-state index is 0.351. The topological polar surface area (TPSA) is 38.2 Å². The Bertz CT molecular complexity index is 412. The first kappa shape index (κ1) is 12.9. The van der Waals surface area contributed by atoms with Crippen molar-refractivity contribution in [3.63, 3.8) is 0 Å². The van der Waals surface area contributed by atoms with Crippen molar-refractivity contribution in [2.24, 2.45) is 0 Å². The third-order valence-corrected chi connectivity index (χ3v) is 4.28. The molecular formula is C15H23N3O. The van der Waals surface area contributed by atoms with Gasteiger partial charge in [0.25, 0.3) is 0 Å². The summed E-state index contributed by atoms with van der Waals surface area (Å²) in [5.41, 5.74) is 1.22. The number of hydrogen-bond donors (Lipinski definition) is 0. The van der Waals surface area contributed by atoms with Crippen molar-refractivity contribution in [3.05, 3.63) is 18.0 Å². The summed E-state index contributed by atoms with van der Waals surface area (Å²) in [7, 11) is 2.06. The molecule has 4 heteroatoms. The Labute approximate surface area is 115 Å². The van der Waals surface area contributed by atoms with Gasteiger partial charge in [-0.15, -0.1) is 0 Å². The second-order valence-corrected chi connectivity index (χ2v) is 5.78. The van der Waals surface area contributed by atoms with E-state index in [2.05, 4.69) is 23.0 Å². The van der Waals surface area contributed by atoms with Gasteiger partial charge in [-0.25, -0.2) is 9.97 Å². The number of ether oxygens (including phenoxy) is 1. The second-order valence-electron chi connectivity index (χ2n) is 5.78. The van der Waals surface area contributed by atoms with Gasteiger partial charge in [0.15, 0.2) is 0 Å². The molecule has 0 spiro atoms. The van der Waals surface area contributed by atoms with Crippen LogP contribution in [0.5, 0.6) is 0 Å². The van der Waals surface area contributed by atoms with Gasteiger partial charge in [0.2, 0.25) is 5.95 Å². The molecule has 3 rings (SSSR count). The summed E-state index contributed by atoms with van der Waals surface area (Å²) in [6.07, 6.45) is 9.85. The van der Waals surface area contributed by atoms with Gasteiger partial charge < -0.3 is 9.64 Å². The molecule has 0 bridgehead atoms. The molecule has 0 radical (unpaired) electrons. The number of hydrogen-bond acceptors (Lipinski definition) is 4. The van der Waals surface area contributed by atoms with E-state index in [4.69, 9.17) is 9.72 Å². The maximum Gasteiger partial charge on any atom is 0.225 e. The van der Waals surface area contributed by atoms with E-state index >= 15 is 0 Å². The zero-order valence-corrected chi connectivity index (χ0v) is 11.7. The lowest BCUT2D eigenvalue weighted by Gasteiger charge is -2.21. The fourth-order valence-electron chi connectivity index (χ4n) is 3.17. The van der Waals surface area contributed by atoms with Crippen LogP contribution in [0, 0.1) is 0 Å². The summed E-state index contributed by atoms with van der Waals surface area (Å²) in [4.78, 5) is 11.3. The largest absolute Gasteiger partial charge is 0.376 e. The Morgan fingerprint density at radius 3 is 2.84 bits per heavy atom. The number of likely N-dealkylation sites (N-methyl/N-ethyl adjacent to an activating group) is 1. The predicted molar refractivity (Wildman–Crippen MR) is 75.5 cm³/mol. The van der Waals surface area contributed by atoms with Crippen molar-refractivity contribution in [3.8, 4) is 0 Å². The first-order valence-electron chi connectivity index (χ1n) is 7.48. The zero-order chi connectivity index (χ0) is 13.1. The standard InChI is InChI=1S/C15H23N3O/c1-18(11-13-7-4-10-19-13)15-16-9-8-14(17-15)12-5-2-3-6-12/h8-9,12-13H,2-7,10-11H2,1H3. The zero-order valence-electron chi connectivity index (χ0n) is 11.7. The maximum atomic E-state index is 5.68. The smallest absolute Gasteiger partial charge is 0.225 e. The fourth-order valence-corrected chi connectivity index (χ4v) is 3.17. The van der Waals surface area contributed by atoms with E-state index in [1.165, 1.54) is 37.8 Å². The molecule has 1 aromatic heterocycles. The first-order chi connectivity index (χ1) is 9.33. The van der Waals surface area contributed by atoms with Crippen LogP contribution in [0.15, 0.2) is 12.3 Å². The van der Waals surface area contributed by atoms with Crippen molar-refractivity contribution in [2.75, 3.05) is 25.1 Å². The van der Waals surface area contributed by atoms with Crippen LogP contribution in [0.3, 0.4) is 0 Å². The molecule has 2 fully saturated rings. The number of anilines is 1. The van der Waals surface area contributed by atoms with E-state index in [1.54, 1.807) is 0 Å². The highest BCUT2D eigenvalue weighted by Gasteiger charge is 2.21. The normalized spacial score (nSPS) is 23.9. The van der Waals surface area contributed by atoms with Crippen LogP contribution in [-0.2, 0) is 4.74 Å². The van der Waals surface area contributed by atoms with Gasteiger partial charge in [0.05, 0.1) is 6.10 Å². The van der Waals surface area contributed by atoms with Crippen molar-refractivity contribution < 1.29 is 4.74 Å². The Morgan fingerprint density at radius 2 is 2.11 bits per heavy atom. The van der Waals surface area contributed by atoms with Gasteiger partial charge in [-0.05, 0) is 31.7 Å². The highest BCUT2D eigenvalue weighted by atomic mass is 16.5. The predicted octanol–water partition coefficient (Wildman–Crippen LogP) is 2.75. The van der Waals surface area contributed by atoms with Gasteiger partial charge in [0, 0.05) is 38.0 Å². The highest BCUT2D eigenvalue weighted by molar-refractivity contribution is 5.30. The Balaban J connectivity index is 1.67. The SMILES string of the molecule is CN(CC1CCCO1)c1nccc(C2CCCC2)n1. The van der Waals surface area contributed by atoms with Crippen molar-refractivity contribution >= 4 is 5.95 Å². The minimum Gasteiger partial charge on any atom is -0.376 e. The lowest BCUT2D eigenvalue weighted by Crippen LogP contribution is -2.30. The maximum absolute atomic E-state index is 5.68. The molecule has 1 atom stereocenters. The Hall–Kier alpha value is -1.16. The van der Waals surface area contributed by atoms with Crippen LogP contribution in [-0.4, -0.2) is 36.3 Å². The van der Waals surface area contributed by atoms with E-state index in [0.717, 1.165) is 25.5 Å². The molecule has 4 nitrogen and oxygen atoms in total. The Morgan fingerprint density at radius 1 is 1.26 bits per heavy atom. The van der Waals surface area contributed by atoms with Crippen LogP contribution in [0.1, 0.15) is 50.1 Å². The Kier molecular flexibility index (Phi) is 3.97. The van der Waals surface area contributed by atoms with E-state index < -0.39 is 0 Å². The van der Waals surface area contributed by atoms with Gasteiger partial charge in [-0.2, -0.15) is 0 Å². The van der Waals surface area contributed by atoms with Gasteiger partial charge in [-0.3, -0.25) is 0 Å². The molecule has 1 saturated carbocycles. The molecule has 1 aliphatic carbocycles. The quantitative estimate of drug-likeness (QED) is 0.835.